The minimum Gasteiger partial charge on any atom is -0.283 e. The van der Waals surface area contributed by atoms with E-state index in [0.717, 1.165) is 10.9 Å². The summed E-state index contributed by atoms with van der Waals surface area (Å²) in [5.74, 6) is 0. The van der Waals surface area contributed by atoms with Crippen molar-refractivity contribution >= 4 is 27.1 Å². The Morgan fingerprint density at radius 1 is 1.46 bits per heavy atom. The minimum atomic E-state index is 0.703. The van der Waals surface area contributed by atoms with Crippen molar-refractivity contribution in [3.8, 4) is 6.07 Å². The van der Waals surface area contributed by atoms with E-state index in [1.165, 1.54) is 5.56 Å². The lowest BCUT2D eigenvalue weighted by Gasteiger charge is -1.93. The molecule has 3 heteroatoms. The van der Waals surface area contributed by atoms with Crippen LogP contribution in [0.5, 0.6) is 0 Å². The first kappa shape index (κ1) is 8.33. The Labute approximate surface area is 84.7 Å². The molecule has 0 saturated heterocycles. The molecule has 0 atom stereocenters. The number of benzene rings is 1. The van der Waals surface area contributed by atoms with Gasteiger partial charge in [-0.15, -0.1) is 0 Å². The smallest absolute Gasteiger partial charge is 0.0991 e. The van der Waals surface area contributed by atoms with Gasteiger partial charge in [0.1, 0.15) is 0 Å². The Kier molecular flexibility index (Phi) is 1.86. The maximum atomic E-state index is 8.73. The number of nitrogens with zero attached hydrogens (tertiary/aromatic N) is 2. The normalized spacial score (nSPS) is 10.2. The lowest BCUT2D eigenvalue weighted by atomic mass is 10.1. The third kappa shape index (κ3) is 1.24. The molecule has 0 radical (unpaired) electrons. The van der Waals surface area contributed by atoms with Gasteiger partial charge < -0.3 is 0 Å². The molecular formula is C10H7BrN2. The third-order valence-electron chi connectivity index (χ3n) is 2.09. The molecule has 0 aliphatic rings. The standard InChI is InChI=1S/C10H7BrN2/c1-7-6-13(11)10-3-2-8(5-12)4-9(7)10/h2-4,6H,1H3. The molecule has 1 aromatic carbocycles. The molecule has 0 N–H and O–H groups in total. The third-order valence-corrected chi connectivity index (χ3v) is 2.67. The van der Waals surface area contributed by atoms with Crippen LogP contribution in [0.4, 0.5) is 0 Å². The van der Waals surface area contributed by atoms with Crippen molar-refractivity contribution in [2.45, 2.75) is 6.92 Å². The highest BCUT2D eigenvalue weighted by atomic mass is 79.9. The number of hydrogen-bond acceptors (Lipinski definition) is 1. The molecule has 0 amide bonds. The number of hydrogen-bond donors (Lipinski definition) is 0. The summed E-state index contributed by atoms with van der Waals surface area (Å²) in [4.78, 5) is 0. The molecule has 0 aliphatic carbocycles. The summed E-state index contributed by atoms with van der Waals surface area (Å²) < 4.78 is 1.89. The molecule has 2 nitrogen and oxygen atoms in total. The number of nitriles is 1. The average molecular weight is 235 g/mol. The van der Waals surface area contributed by atoms with Crippen LogP contribution in [-0.4, -0.2) is 3.59 Å². The first-order valence-corrected chi connectivity index (χ1v) is 4.61. The summed E-state index contributed by atoms with van der Waals surface area (Å²) >= 11 is 3.40. The summed E-state index contributed by atoms with van der Waals surface area (Å²) in [6, 6.07) is 7.80. The second kappa shape index (κ2) is 2.90. The number of rotatable bonds is 0. The maximum Gasteiger partial charge on any atom is 0.0991 e. The van der Waals surface area contributed by atoms with Gasteiger partial charge in [0.25, 0.3) is 0 Å². The second-order valence-corrected chi connectivity index (χ2v) is 3.73. The molecule has 2 aromatic rings. The lowest BCUT2D eigenvalue weighted by molar-refractivity contribution is 1.35. The molecule has 0 bridgehead atoms. The molecule has 0 unspecified atom stereocenters. The summed E-state index contributed by atoms with van der Waals surface area (Å²) in [5, 5.41) is 9.85. The van der Waals surface area contributed by atoms with Gasteiger partial charge in [0.15, 0.2) is 0 Å². The fraction of sp³-hybridized carbons (Fsp3) is 0.100. The zero-order chi connectivity index (χ0) is 9.42. The molecule has 64 valence electrons. The molecular weight excluding hydrogens is 228 g/mol. The molecule has 0 fully saturated rings. The zero-order valence-electron chi connectivity index (χ0n) is 7.08. The van der Waals surface area contributed by atoms with Gasteiger partial charge in [0, 0.05) is 11.6 Å². The highest BCUT2D eigenvalue weighted by Crippen LogP contribution is 2.23. The van der Waals surface area contributed by atoms with Crippen molar-refractivity contribution in [2.24, 2.45) is 0 Å². The van der Waals surface area contributed by atoms with Crippen molar-refractivity contribution in [2.75, 3.05) is 0 Å². The van der Waals surface area contributed by atoms with Crippen molar-refractivity contribution in [3.63, 3.8) is 0 Å². The molecule has 0 aliphatic heterocycles. The van der Waals surface area contributed by atoms with Gasteiger partial charge in [-0.25, -0.2) is 0 Å². The lowest BCUT2D eigenvalue weighted by Crippen LogP contribution is -1.76. The average Bonchev–Trinajstić information content (AvgIpc) is 2.42. The predicted molar refractivity (Wildman–Crippen MR) is 55.7 cm³/mol. The van der Waals surface area contributed by atoms with Gasteiger partial charge in [-0.3, -0.25) is 3.59 Å². The van der Waals surface area contributed by atoms with Crippen molar-refractivity contribution < 1.29 is 0 Å². The van der Waals surface area contributed by atoms with Crippen molar-refractivity contribution in [3.05, 3.63) is 35.5 Å². The molecule has 0 spiro atoms. The van der Waals surface area contributed by atoms with Crippen LogP contribution < -0.4 is 0 Å². The van der Waals surface area contributed by atoms with E-state index in [1.54, 1.807) is 0 Å². The van der Waals surface area contributed by atoms with Gasteiger partial charge in [0.05, 0.1) is 33.3 Å². The quantitative estimate of drug-likeness (QED) is 0.689. The second-order valence-electron chi connectivity index (χ2n) is 2.97. The molecule has 1 heterocycles. The highest BCUT2D eigenvalue weighted by Gasteiger charge is 2.03. The van der Waals surface area contributed by atoms with E-state index in [9.17, 15) is 0 Å². The van der Waals surface area contributed by atoms with E-state index in [-0.39, 0.29) is 0 Å². The van der Waals surface area contributed by atoms with E-state index in [2.05, 4.69) is 22.2 Å². The van der Waals surface area contributed by atoms with E-state index >= 15 is 0 Å². The SMILES string of the molecule is Cc1cn(Br)c2ccc(C#N)cc12. The molecule has 13 heavy (non-hydrogen) atoms. The van der Waals surface area contributed by atoms with Crippen LogP contribution >= 0.6 is 16.1 Å². The topological polar surface area (TPSA) is 28.7 Å². The van der Waals surface area contributed by atoms with Gasteiger partial charge in [-0.2, -0.15) is 5.26 Å². The van der Waals surface area contributed by atoms with Crippen molar-refractivity contribution in [1.29, 1.82) is 5.26 Å². The summed E-state index contributed by atoms with van der Waals surface area (Å²) in [7, 11) is 0. The maximum absolute atomic E-state index is 8.73. The molecule has 2 rings (SSSR count). The number of fused-ring (bicyclic) bond motifs is 1. The minimum absolute atomic E-state index is 0.703. The van der Waals surface area contributed by atoms with Gasteiger partial charge in [-0.05, 0) is 30.7 Å². The van der Waals surface area contributed by atoms with E-state index < -0.39 is 0 Å². The Hall–Kier alpha value is -1.27. The fourth-order valence-electron chi connectivity index (χ4n) is 1.42. The number of halogens is 1. The van der Waals surface area contributed by atoms with Crippen LogP contribution in [0.2, 0.25) is 0 Å². The molecule has 1 aromatic heterocycles. The Morgan fingerprint density at radius 3 is 2.92 bits per heavy atom. The largest absolute Gasteiger partial charge is 0.283 e. The zero-order valence-corrected chi connectivity index (χ0v) is 8.67. The first-order valence-electron chi connectivity index (χ1n) is 3.90. The van der Waals surface area contributed by atoms with Gasteiger partial charge in [0.2, 0.25) is 0 Å². The Morgan fingerprint density at radius 2 is 2.23 bits per heavy atom. The summed E-state index contributed by atoms with van der Waals surface area (Å²) in [6.45, 7) is 2.03. The summed E-state index contributed by atoms with van der Waals surface area (Å²) in [5.41, 5.74) is 2.97. The van der Waals surface area contributed by atoms with Crippen molar-refractivity contribution in [1.82, 2.24) is 3.59 Å². The summed E-state index contributed by atoms with van der Waals surface area (Å²) in [6.07, 6.45) is 1.99. The number of aryl methyl sites for hydroxylation is 1. The van der Waals surface area contributed by atoms with E-state index in [4.69, 9.17) is 5.26 Å². The van der Waals surface area contributed by atoms with Gasteiger partial charge >= 0.3 is 0 Å². The monoisotopic (exact) mass is 234 g/mol. The van der Waals surface area contributed by atoms with Crippen LogP contribution in [0, 0.1) is 18.3 Å². The van der Waals surface area contributed by atoms with Crippen LogP contribution in [-0.2, 0) is 0 Å². The van der Waals surface area contributed by atoms with E-state index in [1.807, 2.05) is 34.9 Å². The van der Waals surface area contributed by atoms with Crippen LogP contribution in [0.15, 0.2) is 24.4 Å². The highest BCUT2D eigenvalue weighted by molar-refractivity contribution is 9.08. The Balaban J connectivity index is 2.86. The van der Waals surface area contributed by atoms with Crippen LogP contribution in [0.25, 0.3) is 10.9 Å². The van der Waals surface area contributed by atoms with E-state index in [0.29, 0.717) is 5.56 Å². The van der Waals surface area contributed by atoms with Gasteiger partial charge in [-0.1, -0.05) is 0 Å². The predicted octanol–water partition coefficient (Wildman–Crippen LogP) is 2.98. The number of aromatic nitrogens is 1. The Bertz CT molecular complexity index is 505. The fourth-order valence-corrected chi connectivity index (χ4v) is 2.03. The van der Waals surface area contributed by atoms with Crippen LogP contribution in [0.1, 0.15) is 11.1 Å². The first-order chi connectivity index (χ1) is 6.22. The van der Waals surface area contributed by atoms with Crippen LogP contribution in [0.3, 0.4) is 0 Å². The molecule has 0 saturated carbocycles.